The molecule has 104 valence electrons. The standard InChI is InChI=1S/C14H13FN2O3/c1-8-16-7-10(6-13(18)19)14(17-8)9-3-4-12(20-2)11(15)5-9/h3-5,7H,6H2,1-2H3,(H,18,19). The van der Waals surface area contributed by atoms with Gasteiger partial charge >= 0.3 is 5.97 Å². The molecule has 0 fully saturated rings. The zero-order valence-electron chi connectivity index (χ0n) is 11.1. The summed E-state index contributed by atoms with van der Waals surface area (Å²) in [4.78, 5) is 19.0. The van der Waals surface area contributed by atoms with E-state index < -0.39 is 11.8 Å². The number of methoxy groups -OCH3 is 1. The fourth-order valence-corrected chi connectivity index (χ4v) is 1.85. The summed E-state index contributed by atoms with van der Waals surface area (Å²) in [6.45, 7) is 1.69. The number of carboxylic acid groups (broad SMARTS) is 1. The van der Waals surface area contributed by atoms with E-state index in [1.807, 2.05) is 0 Å². The number of carbonyl (C=O) groups is 1. The van der Waals surface area contributed by atoms with E-state index in [1.54, 1.807) is 13.0 Å². The molecule has 2 rings (SSSR count). The van der Waals surface area contributed by atoms with E-state index in [0.29, 0.717) is 22.6 Å². The molecule has 0 aliphatic rings. The number of hydrogen-bond acceptors (Lipinski definition) is 4. The van der Waals surface area contributed by atoms with Crippen molar-refractivity contribution in [2.75, 3.05) is 7.11 Å². The zero-order valence-corrected chi connectivity index (χ0v) is 11.1. The predicted octanol–water partition coefficient (Wildman–Crippen LogP) is 2.23. The number of ether oxygens (including phenoxy) is 1. The van der Waals surface area contributed by atoms with Gasteiger partial charge in [-0.2, -0.15) is 0 Å². The third-order valence-corrected chi connectivity index (χ3v) is 2.75. The first kappa shape index (κ1) is 13.9. The molecule has 5 nitrogen and oxygen atoms in total. The number of hydrogen-bond donors (Lipinski definition) is 1. The largest absolute Gasteiger partial charge is 0.494 e. The van der Waals surface area contributed by atoms with Crippen molar-refractivity contribution >= 4 is 5.97 Å². The minimum atomic E-state index is -0.993. The van der Waals surface area contributed by atoms with Crippen LogP contribution in [0.2, 0.25) is 0 Å². The summed E-state index contributed by atoms with van der Waals surface area (Å²) < 4.78 is 18.6. The van der Waals surface area contributed by atoms with E-state index in [-0.39, 0.29) is 12.2 Å². The second-order valence-corrected chi connectivity index (χ2v) is 4.21. The highest BCUT2D eigenvalue weighted by Gasteiger charge is 2.13. The number of carboxylic acids is 1. The van der Waals surface area contributed by atoms with Crippen molar-refractivity contribution in [1.82, 2.24) is 9.97 Å². The maximum atomic E-state index is 13.7. The van der Waals surface area contributed by atoms with Crippen molar-refractivity contribution in [3.8, 4) is 17.0 Å². The molecular weight excluding hydrogens is 263 g/mol. The van der Waals surface area contributed by atoms with Crippen LogP contribution in [0.5, 0.6) is 5.75 Å². The van der Waals surface area contributed by atoms with E-state index in [2.05, 4.69) is 9.97 Å². The van der Waals surface area contributed by atoms with Crippen molar-refractivity contribution in [2.45, 2.75) is 13.3 Å². The van der Waals surface area contributed by atoms with Crippen LogP contribution in [-0.2, 0) is 11.2 Å². The van der Waals surface area contributed by atoms with E-state index in [1.165, 1.54) is 25.4 Å². The smallest absolute Gasteiger partial charge is 0.307 e. The lowest BCUT2D eigenvalue weighted by Crippen LogP contribution is -2.05. The molecule has 1 heterocycles. The van der Waals surface area contributed by atoms with E-state index >= 15 is 0 Å². The van der Waals surface area contributed by atoms with Crippen LogP contribution in [0.15, 0.2) is 24.4 Å². The van der Waals surface area contributed by atoms with Crippen LogP contribution in [0, 0.1) is 12.7 Å². The summed E-state index contributed by atoms with van der Waals surface area (Å²) in [7, 11) is 1.38. The average Bonchev–Trinajstić information content (AvgIpc) is 2.40. The van der Waals surface area contributed by atoms with Gasteiger partial charge in [0.2, 0.25) is 0 Å². The zero-order chi connectivity index (χ0) is 14.7. The van der Waals surface area contributed by atoms with Gasteiger partial charge in [-0.3, -0.25) is 4.79 Å². The summed E-state index contributed by atoms with van der Waals surface area (Å²) in [5.74, 6) is -0.903. The monoisotopic (exact) mass is 276 g/mol. The SMILES string of the molecule is COc1ccc(-c2nc(C)ncc2CC(=O)O)cc1F. The fourth-order valence-electron chi connectivity index (χ4n) is 1.85. The molecule has 0 amide bonds. The lowest BCUT2D eigenvalue weighted by molar-refractivity contribution is -0.136. The van der Waals surface area contributed by atoms with Crippen LogP contribution in [0.1, 0.15) is 11.4 Å². The Labute approximate surface area is 115 Å². The summed E-state index contributed by atoms with van der Waals surface area (Å²) in [6.07, 6.45) is 1.23. The summed E-state index contributed by atoms with van der Waals surface area (Å²) >= 11 is 0. The van der Waals surface area contributed by atoms with Crippen LogP contribution in [0.25, 0.3) is 11.3 Å². The highest BCUT2D eigenvalue weighted by atomic mass is 19.1. The number of benzene rings is 1. The van der Waals surface area contributed by atoms with Crippen LogP contribution in [0.4, 0.5) is 4.39 Å². The highest BCUT2D eigenvalue weighted by molar-refractivity contribution is 5.74. The Morgan fingerprint density at radius 1 is 1.45 bits per heavy atom. The van der Waals surface area contributed by atoms with Crippen LogP contribution < -0.4 is 4.74 Å². The molecule has 0 saturated carbocycles. The van der Waals surface area contributed by atoms with Crippen molar-refractivity contribution in [1.29, 1.82) is 0 Å². The van der Waals surface area contributed by atoms with Crippen molar-refractivity contribution in [3.05, 3.63) is 41.6 Å². The third kappa shape index (κ3) is 2.90. The topological polar surface area (TPSA) is 72.3 Å². The van der Waals surface area contributed by atoms with E-state index in [4.69, 9.17) is 9.84 Å². The molecule has 20 heavy (non-hydrogen) atoms. The Morgan fingerprint density at radius 2 is 2.20 bits per heavy atom. The predicted molar refractivity (Wildman–Crippen MR) is 70.1 cm³/mol. The molecule has 0 aliphatic carbocycles. The first-order valence-corrected chi connectivity index (χ1v) is 5.89. The molecule has 1 aromatic heterocycles. The Morgan fingerprint density at radius 3 is 2.80 bits per heavy atom. The van der Waals surface area contributed by atoms with Crippen LogP contribution in [0.3, 0.4) is 0 Å². The summed E-state index contributed by atoms with van der Waals surface area (Å²) in [5.41, 5.74) is 1.35. The van der Waals surface area contributed by atoms with Gasteiger partial charge in [-0.05, 0) is 25.1 Å². The first-order valence-electron chi connectivity index (χ1n) is 5.89. The van der Waals surface area contributed by atoms with Gasteiger partial charge in [0.25, 0.3) is 0 Å². The normalized spacial score (nSPS) is 10.3. The van der Waals surface area contributed by atoms with Crippen molar-refractivity contribution in [3.63, 3.8) is 0 Å². The van der Waals surface area contributed by atoms with Crippen LogP contribution in [-0.4, -0.2) is 28.2 Å². The molecule has 0 atom stereocenters. The fraction of sp³-hybridized carbons (Fsp3) is 0.214. The Kier molecular flexibility index (Phi) is 3.93. The molecule has 2 aromatic rings. The molecule has 1 N–H and O–H groups in total. The molecule has 0 unspecified atom stereocenters. The lowest BCUT2D eigenvalue weighted by atomic mass is 10.0. The van der Waals surface area contributed by atoms with Crippen LogP contribution >= 0.6 is 0 Å². The number of aromatic nitrogens is 2. The maximum absolute atomic E-state index is 13.7. The quantitative estimate of drug-likeness (QED) is 0.927. The van der Waals surface area contributed by atoms with Gasteiger partial charge in [-0.1, -0.05) is 0 Å². The first-order chi connectivity index (χ1) is 9.51. The van der Waals surface area contributed by atoms with Gasteiger partial charge in [-0.25, -0.2) is 14.4 Å². The average molecular weight is 276 g/mol. The molecule has 0 saturated heterocycles. The molecule has 1 aromatic carbocycles. The van der Waals surface area contributed by atoms with Crippen molar-refractivity contribution in [2.24, 2.45) is 0 Å². The molecule has 0 aliphatic heterocycles. The van der Waals surface area contributed by atoms with Gasteiger partial charge < -0.3 is 9.84 Å². The van der Waals surface area contributed by atoms with Gasteiger partial charge in [0.15, 0.2) is 11.6 Å². The van der Waals surface area contributed by atoms with Gasteiger partial charge in [-0.15, -0.1) is 0 Å². The number of nitrogens with zero attached hydrogens (tertiary/aromatic N) is 2. The van der Waals surface area contributed by atoms with Gasteiger partial charge in [0.05, 0.1) is 19.2 Å². The second-order valence-electron chi connectivity index (χ2n) is 4.21. The molecule has 0 radical (unpaired) electrons. The van der Waals surface area contributed by atoms with Crippen molar-refractivity contribution < 1.29 is 19.0 Å². The summed E-state index contributed by atoms with van der Waals surface area (Å²) in [6, 6.07) is 4.38. The van der Waals surface area contributed by atoms with Gasteiger partial charge in [0, 0.05) is 17.3 Å². The number of halogens is 1. The molecule has 6 heteroatoms. The van der Waals surface area contributed by atoms with E-state index in [9.17, 15) is 9.18 Å². The lowest BCUT2D eigenvalue weighted by Gasteiger charge is -2.09. The van der Waals surface area contributed by atoms with Gasteiger partial charge in [0.1, 0.15) is 5.82 Å². The molecule has 0 bridgehead atoms. The highest BCUT2D eigenvalue weighted by Crippen LogP contribution is 2.26. The number of rotatable bonds is 4. The summed E-state index contributed by atoms with van der Waals surface area (Å²) in [5, 5.41) is 8.89. The maximum Gasteiger partial charge on any atom is 0.307 e. The minimum Gasteiger partial charge on any atom is -0.494 e. The molecule has 0 spiro atoms. The Balaban J connectivity index is 2.52. The Bertz CT molecular complexity index is 659. The second kappa shape index (κ2) is 5.64. The number of aryl methyl sites for hydroxylation is 1. The number of aliphatic carboxylic acids is 1. The minimum absolute atomic E-state index is 0.124. The third-order valence-electron chi connectivity index (χ3n) is 2.75. The Hall–Kier alpha value is -2.50. The molecular formula is C14H13FN2O3. The van der Waals surface area contributed by atoms with E-state index in [0.717, 1.165) is 0 Å².